The third-order valence-electron chi connectivity index (χ3n) is 5.44. The van der Waals surface area contributed by atoms with Crippen molar-refractivity contribution in [3.8, 4) is 0 Å². The van der Waals surface area contributed by atoms with Crippen molar-refractivity contribution in [1.82, 2.24) is 14.8 Å². The van der Waals surface area contributed by atoms with Gasteiger partial charge in [0.1, 0.15) is 5.54 Å². The summed E-state index contributed by atoms with van der Waals surface area (Å²) in [4.78, 5) is 39.6. The smallest absolute Gasteiger partial charge is 0.325 e. The standard InChI is InChI=1S/C21H23Cl2N3O4/c1-12-9-15(13(2)25(12)7-8-30-4)18(27)11-26-19(28)21(3,24-20(26)29)16-6-5-14(22)10-17(16)23/h5-6,9-10H,7-8,11H2,1-4H3,(H,24,29). The molecule has 1 aliphatic rings. The summed E-state index contributed by atoms with van der Waals surface area (Å²) < 4.78 is 7.08. The number of carbonyl (C=O) groups is 3. The molecule has 2 heterocycles. The number of aromatic nitrogens is 1. The molecule has 1 atom stereocenters. The third-order valence-corrected chi connectivity index (χ3v) is 5.99. The second-order valence-electron chi connectivity index (χ2n) is 7.42. The number of ether oxygens (including phenoxy) is 1. The number of methoxy groups -OCH3 is 1. The number of urea groups is 1. The second kappa shape index (κ2) is 8.41. The summed E-state index contributed by atoms with van der Waals surface area (Å²) in [5.41, 5.74) is 1.18. The molecule has 1 aromatic carbocycles. The van der Waals surface area contributed by atoms with Gasteiger partial charge in [-0.25, -0.2) is 4.79 Å². The Balaban J connectivity index is 1.85. The van der Waals surface area contributed by atoms with E-state index in [1.165, 1.54) is 6.07 Å². The number of Topliss-reactive ketones (excluding diaryl/α,β-unsaturated/α-hetero) is 1. The van der Waals surface area contributed by atoms with Gasteiger partial charge in [-0.15, -0.1) is 0 Å². The zero-order valence-electron chi connectivity index (χ0n) is 17.2. The number of amides is 3. The molecule has 1 saturated heterocycles. The van der Waals surface area contributed by atoms with E-state index in [9.17, 15) is 14.4 Å². The highest BCUT2D eigenvalue weighted by Gasteiger charge is 2.50. The van der Waals surface area contributed by atoms with Gasteiger partial charge in [0.15, 0.2) is 5.78 Å². The van der Waals surface area contributed by atoms with Gasteiger partial charge in [0, 0.05) is 46.2 Å². The summed E-state index contributed by atoms with van der Waals surface area (Å²) in [6, 6.07) is 5.82. The van der Waals surface area contributed by atoms with E-state index in [1.807, 2.05) is 18.4 Å². The molecule has 0 saturated carbocycles. The van der Waals surface area contributed by atoms with E-state index in [1.54, 1.807) is 32.2 Å². The number of rotatable bonds is 7. The van der Waals surface area contributed by atoms with E-state index in [0.717, 1.165) is 16.3 Å². The second-order valence-corrected chi connectivity index (χ2v) is 8.27. The van der Waals surface area contributed by atoms with Crippen molar-refractivity contribution >= 4 is 40.9 Å². The third kappa shape index (κ3) is 3.85. The Bertz CT molecular complexity index is 1030. The van der Waals surface area contributed by atoms with Crippen LogP contribution in [-0.2, 0) is 21.6 Å². The fourth-order valence-corrected chi connectivity index (χ4v) is 4.35. The van der Waals surface area contributed by atoms with Crippen molar-refractivity contribution < 1.29 is 19.1 Å². The lowest BCUT2D eigenvalue weighted by Crippen LogP contribution is -2.41. The van der Waals surface area contributed by atoms with E-state index in [0.29, 0.717) is 29.3 Å². The quantitative estimate of drug-likeness (QED) is 0.513. The lowest BCUT2D eigenvalue weighted by molar-refractivity contribution is -0.130. The van der Waals surface area contributed by atoms with Crippen molar-refractivity contribution in [2.75, 3.05) is 20.3 Å². The Morgan fingerprint density at radius 3 is 2.53 bits per heavy atom. The zero-order chi connectivity index (χ0) is 22.2. The highest BCUT2D eigenvalue weighted by Crippen LogP contribution is 2.35. The van der Waals surface area contributed by atoms with E-state index >= 15 is 0 Å². The van der Waals surface area contributed by atoms with Crippen LogP contribution in [-0.4, -0.2) is 47.4 Å². The fraction of sp³-hybridized carbons (Fsp3) is 0.381. The Hall–Kier alpha value is -2.35. The number of aryl methyl sites for hydroxylation is 1. The first-order valence-electron chi connectivity index (χ1n) is 9.38. The predicted octanol–water partition coefficient (Wildman–Crippen LogP) is 3.71. The van der Waals surface area contributed by atoms with Crippen LogP contribution in [0.1, 0.15) is 34.2 Å². The predicted molar refractivity (Wildman–Crippen MR) is 114 cm³/mol. The normalized spacial score (nSPS) is 18.8. The average molecular weight is 452 g/mol. The minimum Gasteiger partial charge on any atom is -0.383 e. The van der Waals surface area contributed by atoms with Crippen LogP contribution < -0.4 is 5.32 Å². The molecule has 9 heteroatoms. The molecule has 3 rings (SSSR count). The molecular weight excluding hydrogens is 429 g/mol. The lowest BCUT2D eigenvalue weighted by Gasteiger charge is -2.23. The summed E-state index contributed by atoms with van der Waals surface area (Å²) >= 11 is 12.2. The first-order valence-corrected chi connectivity index (χ1v) is 10.1. The Labute approximate surface area is 184 Å². The van der Waals surface area contributed by atoms with Crippen molar-refractivity contribution in [2.45, 2.75) is 32.9 Å². The van der Waals surface area contributed by atoms with Gasteiger partial charge in [-0.05, 0) is 39.0 Å². The van der Waals surface area contributed by atoms with Crippen LogP contribution >= 0.6 is 23.2 Å². The lowest BCUT2D eigenvalue weighted by atomic mass is 9.92. The van der Waals surface area contributed by atoms with Crippen LogP contribution in [0.2, 0.25) is 10.0 Å². The molecule has 2 aromatic rings. The summed E-state index contributed by atoms with van der Waals surface area (Å²) in [5.74, 6) is -0.861. The van der Waals surface area contributed by atoms with E-state index in [4.69, 9.17) is 27.9 Å². The minimum atomic E-state index is -1.38. The van der Waals surface area contributed by atoms with Gasteiger partial charge in [0.2, 0.25) is 0 Å². The van der Waals surface area contributed by atoms with Gasteiger partial charge >= 0.3 is 6.03 Å². The fourth-order valence-electron chi connectivity index (χ4n) is 3.76. The Kier molecular flexibility index (Phi) is 6.26. The van der Waals surface area contributed by atoms with Gasteiger partial charge in [-0.3, -0.25) is 14.5 Å². The molecule has 0 bridgehead atoms. The molecule has 7 nitrogen and oxygen atoms in total. The molecule has 160 valence electrons. The molecule has 0 spiro atoms. The minimum absolute atomic E-state index is 0.258. The number of imide groups is 1. The van der Waals surface area contributed by atoms with Crippen LogP contribution in [0.25, 0.3) is 0 Å². The Morgan fingerprint density at radius 1 is 1.20 bits per heavy atom. The number of benzene rings is 1. The van der Waals surface area contributed by atoms with Crippen molar-refractivity contribution in [3.05, 3.63) is 56.8 Å². The van der Waals surface area contributed by atoms with Crippen LogP contribution in [0.15, 0.2) is 24.3 Å². The number of nitrogens with one attached hydrogen (secondary N) is 1. The van der Waals surface area contributed by atoms with Gasteiger partial charge in [0.25, 0.3) is 5.91 Å². The summed E-state index contributed by atoms with van der Waals surface area (Å²) in [6.07, 6.45) is 0. The van der Waals surface area contributed by atoms with E-state index in [-0.39, 0.29) is 17.4 Å². The summed E-state index contributed by atoms with van der Waals surface area (Å²) in [7, 11) is 1.61. The molecule has 1 fully saturated rings. The van der Waals surface area contributed by atoms with Crippen molar-refractivity contribution in [2.24, 2.45) is 0 Å². The van der Waals surface area contributed by atoms with Crippen LogP contribution in [0.5, 0.6) is 0 Å². The Morgan fingerprint density at radius 2 is 1.90 bits per heavy atom. The molecular formula is C21H23Cl2N3O4. The maximum Gasteiger partial charge on any atom is 0.325 e. The maximum absolute atomic E-state index is 13.1. The highest BCUT2D eigenvalue weighted by molar-refractivity contribution is 6.35. The van der Waals surface area contributed by atoms with Crippen LogP contribution in [0.3, 0.4) is 0 Å². The first-order chi connectivity index (χ1) is 14.1. The molecule has 3 amide bonds. The molecule has 1 aromatic heterocycles. The molecule has 0 aliphatic carbocycles. The summed E-state index contributed by atoms with van der Waals surface area (Å²) in [5, 5.41) is 3.33. The monoisotopic (exact) mass is 451 g/mol. The SMILES string of the molecule is COCCn1c(C)cc(C(=O)CN2C(=O)NC(C)(c3ccc(Cl)cc3Cl)C2=O)c1C. The van der Waals surface area contributed by atoms with E-state index < -0.39 is 17.5 Å². The van der Waals surface area contributed by atoms with Crippen LogP contribution in [0, 0.1) is 13.8 Å². The molecule has 1 unspecified atom stereocenters. The van der Waals surface area contributed by atoms with Crippen molar-refractivity contribution in [1.29, 1.82) is 0 Å². The largest absolute Gasteiger partial charge is 0.383 e. The van der Waals surface area contributed by atoms with Gasteiger partial charge < -0.3 is 14.6 Å². The van der Waals surface area contributed by atoms with Gasteiger partial charge in [0.05, 0.1) is 13.2 Å². The number of hydrogen-bond acceptors (Lipinski definition) is 4. The molecule has 30 heavy (non-hydrogen) atoms. The first kappa shape index (κ1) is 22.3. The topological polar surface area (TPSA) is 80.6 Å². The maximum atomic E-state index is 13.1. The van der Waals surface area contributed by atoms with Crippen LogP contribution in [0.4, 0.5) is 4.79 Å². The average Bonchev–Trinajstić information content (AvgIpc) is 3.07. The number of nitrogens with zero attached hydrogens (tertiary/aromatic N) is 2. The molecule has 0 radical (unpaired) electrons. The van der Waals surface area contributed by atoms with Crippen molar-refractivity contribution in [3.63, 3.8) is 0 Å². The molecule has 1 aliphatic heterocycles. The molecule has 1 N–H and O–H groups in total. The van der Waals surface area contributed by atoms with E-state index in [2.05, 4.69) is 5.32 Å². The summed E-state index contributed by atoms with van der Waals surface area (Å²) in [6.45, 7) is 6.05. The number of hydrogen-bond donors (Lipinski definition) is 1. The highest BCUT2D eigenvalue weighted by atomic mass is 35.5. The number of halogens is 2. The van der Waals surface area contributed by atoms with Gasteiger partial charge in [-0.1, -0.05) is 29.3 Å². The number of ketones is 1. The number of carbonyl (C=O) groups excluding carboxylic acids is 3. The zero-order valence-corrected chi connectivity index (χ0v) is 18.7. The van der Waals surface area contributed by atoms with Gasteiger partial charge in [-0.2, -0.15) is 0 Å².